The van der Waals surface area contributed by atoms with Crippen LogP contribution in [0.2, 0.25) is 0 Å². The van der Waals surface area contributed by atoms with E-state index in [1.54, 1.807) is 23.2 Å². The number of imidazole rings is 1. The monoisotopic (exact) mass is 565 g/mol. The van der Waals surface area contributed by atoms with Crippen molar-refractivity contribution in [2.24, 2.45) is 0 Å². The van der Waals surface area contributed by atoms with Gasteiger partial charge in [-0.15, -0.1) is 5.10 Å². The van der Waals surface area contributed by atoms with Crippen LogP contribution in [-0.2, 0) is 11.3 Å². The van der Waals surface area contributed by atoms with Crippen molar-refractivity contribution < 1.29 is 31.4 Å². The van der Waals surface area contributed by atoms with Crippen molar-refractivity contribution >= 4 is 22.5 Å². The normalized spacial score (nSPS) is 20.8. The highest BCUT2D eigenvalue weighted by Crippen LogP contribution is 2.37. The average Bonchev–Trinajstić information content (AvgIpc) is 3.44. The second-order valence-corrected chi connectivity index (χ2v) is 10.6. The SMILES string of the molecule is COc1nc(N[C@@H]2CCN(C3(C)COC3)CC2(F)F)nn2ccc(-c3cc(F)c4nc(C)n(CC(F)F)c4c3)c12. The van der Waals surface area contributed by atoms with Gasteiger partial charge in [0, 0.05) is 18.3 Å². The number of nitrogens with one attached hydrogen (secondary N) is 1. The second kappa shape index (κ2) is 9.54. The number of alkyl halides is 4. The van der Waals surface area contributed by atoms with Crippen molar-refractivity contribution in [2.75, 3.05) is 38.7 Å². The van der Waals surface area contributed by atoms with Gasteiger partial charge in [-0.25, -0.2) is 31.5 Å². The number of likely N-dealkylation sites (tertiary alicyclic amines) is 1. The van der Waals surface area contributed by atoms with E-state index in [0.29, 0.717) is 36.4 Å². The van der Waals surface area contributed by atoms with Crippen LogP contribution in [-0.4, -0.2) is 86.4 Å². The first-order valence-electron chi connectivity index (χ1n) is 12.8. The number of methoxy groups -OCH3 is 1. The van der Waals surface area contributed by atoms with E-state index in [4.69, 9.17) is 9.47 Å². The molecule has 4 aromatic rings. The Hall–Kier alpha value is -3.52. The molecule has 40 heavy (non-hydrogen) atoms. The molecule has 0 unspecified atom stereocenters. The average molecular weight is 566 g/mol. The molecule has 214 valence electrons. The van der Waals surface area contributed by atoms with Crippen LogP contribution in [0.1, 0.15) is 19.2 Å². The van der Waals surface area contributed by atoms with E-state index < -0.39 is 37.3 Å². The number of ether oxygens (including phenoxy) is 2. The van der Waals surface area contributed by atoms with Gasteiger partial charge in [0.15, 0.2) is 5.82 Å². The lowest BCUT2D eigenvalue weighted by molar-refractivity contribution is -0.174. The van der Waals surface area contributed by atoms with Crippen LogP contribution in [0.25, 0.3) is 27.7 Å². The Morgan fingerprint density at radius 2 is 2.00 bits per heavy atom. The molecule has 14 heteroatoms. The molecular formula is C26H28F5N7O2. The number of hydrogen-bond donors (Lipinski definition) is 1. The Kier molecular flexibility index (Phi) is 6.37. The molecule has 0 aliphatic carbocycles. The molecule has 1 N–H and O–H groups in total. The van der Waals surface area contributed by atoms with Gasteiger partial charge in [-0.1, -0.05) is 0 Å². The van der Waals surface area contributed by atoms with Gasteiger partial charge in [-0.05, 0) is 44.0 Å². The quantitative estimate of drug-likeness (QED) is 0.333. The van der Waals surface area contributed by atoms with Crippen LogP contribution >= 0.6 is 0 Å². The van der Waals surface area contributed by atoms with Crippen LogP contribution in [0.3, 0.4) is 0 Å². The summed E-state index contributed by atoms with van der Waals surface area (Å²) in [4.78, 5) is 10.2. The molecule has 0 saturated carbocycles. The largest absolute Gasteiger partial charge is 0.479 e. The summed E-state index contributed by atoms with van der Waals surface area (Å²) in [5.74, 6) is -3.42. The summed E-state index contributed by atoms with van der Waals surface area (Å²) in [5.41, 5.74) is 1.04. The standard InChI is InChI=1S/C26H28F5N7O2/c1-14-32-21-17(27)8-15(9-18(21)37(14)10-20(28)29)16-4-7-38-22(16)23(39-3)34-24(35-38)33-19-5-6-36(11-26(19,30)31)25(2)12-40-13-25/h4,7-9,19-20H,5-6,10-13H2,1-3H3,(H,33,35)/t19-/m1/s1. The number of aromatic nitrogens is 5. The lowest BCUT2D eigenvalue weighted by atomic mass is 9.91. The van der Waals surface area contributed by atoms with Crippen LogP contribution < -0.4 is 10.1 Å². The lowest BCUT2D eigenvalue weighted by Gasteiger charge is -2.51. The molecule has 1 aromatic carbocycles. The summed E-state index contributed by atoms with van der Waals surface area (Å²) in [6.07, 6.45) is -0.900. The third-order valence-corrected chi connectivity index (χ3v) is 7.79. The highest BCUT2D eigenvalue weighted by atomic mass is 19.3. The summed E-state index contributed by atoms with van der Waals surface area (Å²) < 4.78 is 85.2. The van der Waals surface area contributed by atoms with Gasteiger partial charge in [0.25, 0.3) is 12.3 Å². The topological polar surface area (TPSA) is 81.7 Å². The molecule has 2 fully saturated rings. The predicted octanol–water partition coefficient (Wildman–Crippen LogP) is 4.38. The van der Waals surface area contributed by atoms with Gasteiger partial charge >= 0.3 is 0 Å². The van der Waals surface area contributed by atoms with E-state index in [1.165, 1.54) is 29.2 Å². The van der Waals surface area contributed by atoms with Crippen LogP contribution in [0.15, 0.2) is 24.4 Å². The molecule has 0 amide bonds. The number of nitrogens with zero attached hydrogens (tertiary/aromatic N) is 6. The van der Waals surface area contributed by atoms with E-state index in [2.05, 4.69) is 20.4 Å². The Morgan fingerprint density at radius 3 is 2.65 bits per heavy atom. The van der Waals surface area contributed by atoms with Crippen molar-refractivity contribution in [3.05, 3.63) is 36.0 Å². The number of hydrogen-bond acceptors (Lipinski definition) is 7. The number of benzene rings is 1. The number of halogens is 5. The maximum atomic E-state index is 15.2. The first-order valence-corrected chi connectivity index (χ1v) is 12.8. The number of fused-ring (bicyclic) bond motifs is 2. The van der Waals surface area contributed by atoms with E-state index >= 15 is 13.2 Å². The highest BCUT2D eigenvalue weighted by Gasteiger charge is 2.51. The molecule has 6 rings (SSSR count). The maximum Gasteiger partial charge on any atom is 0.280 e. The summed E-state index contributed by atoms with van der Waals surface area (Å²) in [6.45, 7) is 3.75. The zero-order valence-electron chi connectivity index (χ0n) is 22.1. The van der Waals surface area contributed by atoms with Crippen molar-refractivity contribution in [1.29, 1.82) is 0 Å². The Balaban J connectivity index is 1.33. The van der Waals surface area contributed by atoms with Gasteiger partial charge in [0.1, 0.15) is 16.9 Å². The molecule has 2 saturated heterocycles. The van der Waals surface area contributed by atoms with Crippen molar-refractivity contribution in [2.45, 2.75) is 50.7 Å². The number of rotatable bonds is 7. The van der Waals surface area contributed by atoms with Crippen LogP contribution in [0, 0.1) is 12.7 Å². The predicted molar refractivity (Wildman–Crippen MR) is 137 cm³/mol. The number of anilines is 1. The van der Waals surface area contributed by atoms with Crippen molar-refractivity contribution in [1.82, 2.24) is 29.0 Å². The number of piperidine rings is 1. The Labute approximate surface area is 225 Å². The molecule has 1 atom stereocenters. The van der Waals surface area contributed by atoms with Crippen LogP contribution in [0.5, 0.6) is 5.88 Å². The molecule has 0 radical (unpaired) electrons. The van der Waals surface area contributed by atoms with Gasteiger partial charge in [0.2, 0.25) is 11.8 Å². The zero-order chi connectivity index (χ0) is 28.4. The first kappa shape index (κ1) is 26.7. The van der Waals surface area contributed by atoms with Crippen molar-refractivity contribution in [3.8, 4) is 17.0 Å². The van der Waals surface area contributed by atoms with E-state index in [0.717, 1.165) is 0 Å². The minimum atomic E-state index is -3.05. The molecule has 2 aliphatic heterocycles. The molecule has 0 spiro atoms. The van der Waals surface area contributed by atoms with E-state index in [-0.39, 0.29) is 40.6 Å². The third-order valence-electron chi connectivity index (χ3n) is 7.79. The molecule has 9 nitrogen and oxygen atoms in total. The molecule has 5 heterocycles. The van der Waals surface area contributed by atoms with Gasteiger partial charge in [0.05, 0.1) is 50.5 Å². The number of aryl methyl sites for hydroxylation is 1. The fraction of sp³-hybridized carbons (Fsp3) is 0.500. The molecule has 0 bridgehead atoms. The third kappa shape index (κ3) is 4.42. The second-order valence-electron chi connectivity index (χ2n) is 10.6. The molecule has 2 aliphatic rings. The summed E-state index contributed by atoms with van der Waals surface area (Å²) in [6, 6.07) is 3.28. The Bertz CT molecular complexity index is 1580. The van der Waals surface area contributed by atoms with Gasteiger partial charge in [-0.2, -0.15) is 4.98 Å². The Morgan fingerprint density at radius 1 is 1.23 bits per heavy atom. The summed E-state index contributed by atoms with van der Waals surface area (Å²) in [5, 5.41) is 7.15. The fourth-order valence-corrected chi connectivity index (χ4v) is 5.56. The van der Waals surface area contributed by atoms with Gasteiger partial charge < -0.3 is 19.4 Å². The molecular weight excluding hydrogens is 537 g/mol. The maximum absolute atomic E-state index is 15.2. The van der Waals surface area contributed by atoms with Crippen LogP contribution in [0.4, 0.5) is 27.9 Å². The zero-order valence-corrected chi connectivity index (χ0v) is 22.1. The van der Waals surface area contributed by atoms with E-state index in [9.17, 15) is 8.78 Å². The lowest BCUT2D eigenvalue weighted by Crippen LogP contribution is -2.67. The van der Waals surface area contributed by atoms with E-state index in [1.807, 2.05) is 6.92 Å². The molecule has 3 aromatic heterocycles. The summed E-state index contributed by atoms with van der Waals surface area (Å²) in [7, 11) is 1.38. The first-order chi connectivity index (χ1) is 19.0. The fourth-order valence-electron chi connectivity index (χ4n) is 5.56. The van der Waals surface area contributed by atoms with Crippen molar-refractivity contribution in [3.63, 3.8) is 0 Å². The minimum Gasteiger partial charge on any atom is -0.479 e. The highest BCUT2D eigenvalue weighted by molar-refractivity contribution is 5.90. The van der Waals surface area contributed by atoms with Gasteiger partial charge in [-0.3, -0.25) is 4.90 Å². The summed E-state index contributed by atoms with van der Waals surface area (Å²) >= 11 is 0. The smallest absolute Gasteiger partial charge is 0.280 e. The minimum absolute atomic E-state index is 0.00841.